The van der Waals surface area contributed by atoms with Crippen molar-refractivity contribution >= 4 is 35.4 Å². The van der Waals surface area contributed by atoms with Gasteiger partial charge < -0.3 is 76.9 Å². The van der Waals surface area contributed by atoms with Gasteiger partial charge in [0.25, 0.3) is 11.8 Å². The van der Waals surface area contributed by atoms with E-state index >= 15 is 0 Å². The maximum Gasteiger partial charge on any atom is 0.407 e. The van der Waals surface area contributed by atoms with Crippen molar-refractivity contribution in [2.75, 3.05) is 197 Å². The van der Waals surface area contributed by atoms with E-state index in [-0.39, 0.29) is 36.5 Å². The van der Waals surface area contributed by atoms with E-state index in [2.05, 4.69) is 40.2 Å². The highest BCUT2D eigenvalue weighted by Crippen LogP contribution is 2.44. The lowest BCUT2D eigenvalue weighted by atomic mass is 9.98. The third kappa shape index (κ3) is 22.5. The number of fused-ring (bicyclic) bond motifs is 4. The molecule has 3 aliphatic rings. The number of piperidine rings is 1. The van der Waals surface area contributed by atoms with Gasteiger partial charge in [-0.05, 0) is 40.8 Å². The maximum atomic E-state index is 13.2. The molecule has 0 saturated carbocycles. The van der Waals surface area contributed by atoms with Crippen LogP contribution in [-0.2, 0) is 75.9 Å². The van der Waals surface area contributed by atoms with Gasteiger partial charge in [0.1, 0.15) is 12.6 Å². The van der Waals surface area contributed by atoms with Crippen LogP contribution in [0, 0.1) is 0 Å². The fourth-order valence-electron chi connectivity index (χ4n) is 8.54. The Morgan fingerprint density at radius 3 is 1.25 bits per heavy atom. The first-order valence-corrected chi connectivity index (χ1v) is 27.1. The molecule has 1 fully saturated rings. The molecular weight excluding hydrogens is 1030 g/mol. The summed E-state index contributed by atoms with van der Waals surface area (Å²) in [6.07, 6.45) is -0.306. The monoisotopic (exact) mass is 1110 g/mol. The Kier molecular flexibility index (Phi) is 30.3. The molecule has 2 aliphatic heterocycles. The van der Waals surface area contributed by atoms with Crippen LogP contribution in [0.5, 0.6) is 0 Å². The number of amides is 5. The minimum absolute atomic E-state index is 0.0240. The van der Waals surface area contributed by atoms with E-state index in [0.29, 0.717) is 191 Å². The highest BCUT2D eigenvalue weighted by atomic mass is 16.6. The van der Waals surface area contributed by atoms with E-state index in [1.54, 1.807) is 18.2 Å². The molecular formula is C56H78N4O19. The number of alkyl carbamates (subject to hydrolysis) is 1. The molecule has 3 aromatic rings. The van der Waals surface area contributed by atoms with Crippen molar-refractivity contribution < 1.29 is 90.3 Å². The van der Waals surface area contributed by atoms with Crippen molar-refractivity contribution in [3.05, 3.63) is 89.0 Å². The third-order valence-corrected chi connectivity index (χ3v) is 12.4. The number of nitrogens with zero attached hydrogens (tertiary/aromatic N) is 1. The van der Waals surface area contributed by atoms with Crippen molar-refractivity contribution in [3.63, 3.8) is 0 Å². The van der Waals surface area contributed by atoms with E-state index in [9.17, 15) is 24.0 Å². The van der Waals surface area contributed by atoms with E-state index in [0.717, 1.165) is 4.90 Å². The summed E-state index contributed by atoms with van der Waals surface area (Å²) in [6, 6.07) is 20.4. The average molecular weight is 1110 g/mol. The Balaban J connectivity index is 0.578. The number of anilines is 1. The quantitative estimate of drug-likeness (QED) is 0.0542. The molecule has 5 amide bonds. The van der Waals surface area contributed by atoms with Crippen LogP contribution in [0.2, 0.25) is 0 Å². The molecule has 0 aromatic heterocycles. The van der Waals surface area contributed by atoms with Gasteiger partial charge in [0.15, 0.2) is 0 Å². The summed E-state index contributed by atoms with van der Waals surface area (Å²) in [7, 11) is 0. The second kappa shape index (κ2) is 38.2. The van der Waals surface area contributed by atoms with Gasteiger partial charge in [-0.25, -0.2) is 4.79 Å². The number of rotatable bonds is 46. The van der Waals surface area contributed by atoms with E-state index in [1.807, 2.05) is 24.3 Å². The largest absolute Gasteiger partial charge is 0.449 e. The van der Waals surface area contributed by atoms with Crippen LogP contribution < -0.4 is 16.0 Å². The van der Waals surface area contributed by atoms with Gasteiger partial charge in [0.05, 0.1) is 183 Å². The normalized spacial score (nSPS) is 14.9. The van der Waals surface area contributed by atoms with Crippen molar-refractivity contribution in [2.24, 2.45) is 0 Å². The lowest BCUT2D eigenvalue weighted by molar-refractivity contribution is -0.136. The van der Waals surface area contributed by atoms with Crippen molar-refractivity contribution in [3.8, 4) is 11.1 Å². The SMILES string of the molecule is O=C1CCC(N2C(=O)c3cccc(NCCOCCOCCOCCOCCOCCOCCOCCOCCOCCOCCOCCOCCOCCNC(=O)OCC4c5ccccc5-c5ccccc54)c3C2=O)C(=O)N1. The minimum Gasteiger partial charge on any atom is -0.449 e. The number of nitrogens with one attached hydrogen (secondary N) is 3. The molecule has 0 radical (unpaired) electrons. The highest BCUT2D eigenvalue weighted by Gasteiger charge is 2.45. The van der Waals surface area contributed by atoms with Crippen LogP contribution in [0.25, 0.3) is 11.1 Å². The molecule has 2 heterocycles. The molecule has 1 atom stereocenters. The van der Waals surface area contributed by atoms with Crippen molar-refractivity contribution in [1.29, 1.82) is 0 Å². The molecule has 3 N–H and O–H groups in total. The highest BCUT2D eigenvalue weighted by molar-refractivity contribution is 6.25. The number of benzene rings is 3. The molecule has 1 unspecified atom stereocenters. The zero-order valence-electron chi connectivity index (χ0n) is 45.1. The topological polar surface area (TPSA) is 254 Å². The van der Waals surface area contributed by atoms with Gasteiger partial charge in [0.2, 0.25) is 11.8 Å². The van der Waals surface area contributed by atoms with Crippen LogP contribution >= 0.6 is 0 Å². The Hall–Kier alpha value is -5.51. The Morgan fingerprint density at radius 2 is 0.835 bits per heavy atom. The Morgan fingerprint density at radius 1 is 0.456 bits per heavy atom. The maximum absolute atomic E-state index is 13.2. The van der Waals surface area contributed by atoms with Gasteiger partial charge in [-0.1, -0.05) is 54.6 Å². The van der Waals surface area contributed by atoms with E-state index in [1.165, 1.54) is 22.3 Å². The van der Waals surface area contributed by atoms with Gasteiger partial charge in [0, 0.05) is 31.1 Å². The molecule has 0 spiro atoms. The van der Waals surface area contributed by atoms with Gasteiger partial charge in [-0.2, -0.15) is 0 Å². The number of imide groups is 2. The average Bonchev–Trinajstić information content (AvgIpc) is 4.05. The van der Waals surface area contributed by atoms with Gasteiger partial charge in [-0.3, -0.25) is 29.4 Å². The second-order valence-electron chi connectivity index (χ2n) is 17.8. The molecule has 3 aromatic carbocycles. The number of carbonyl (C=O) groups excluding carboxylic acids is 5. The predicted octanol–water partition coefficient (Wildman–Crippen LogP) is 3.25. The molecule has 6 rings (SSSR count). The fraction of sp³-hybridized carbons (Fsp3) is 0.589. The first kappa shape index (κ1) is 62.7. The van der Waals surface area contributed by atoms with Crippen LogP contribution in [0.15, 0.2) is 66.7 Å². The summed E-state index contributed by atoms with van der Waals surface area (Å²) in [6.45, 7) is 12.3. The number of hydrogen-bond donors (Lipinski definition) is 3. The lowest BCUT2D eigenvalue weighted by Crippen LogP contribution is -2.54. The summed E-state index contributed by atoms with van der Waals surface area (Å²) < 4.78 is 77.5. The zero-order valence-corrected chi connectivity index (χ0v) is 45.1. The summed E-state index contributed by atoms with van der Waals surface area (Å²) in [4.78, 5) is 63.3. The predicted molar refractivity (Wildman–Crippen MR) is 285 cm³/mol. The fourth-order valence-corrected chi connectivity index (χ4v) is 8.54. The number of ether oxygens (including phenoxy) is 14. The van der Waals surface area contributed by atoms with Crippen LogP contribution in [0.1, 0.15) is 50.6 Å². The van der Waals surface area contributed by atoms with Crippen molar-refractivity contribution in [2.45, 2.75) is 24.8 Å². The first-order valence-electron chi connectivity index (χ1n) is 27.1. The molecule has 1 aliphatic carbocycles. The van der Waals surface area contributed by atoms with Crippen molar-refractivity contribution in [1.82, 2.24) is 15.5 Å². The van der Waals surface area contributed by atoms with Crippen LogP contribution in [-0.4, -0.2) is 232 Å². The second-order valence-corrected chi connectivity index (χ2v) is 17.8. The zero-order chi connectivity index (χ0) is 55.4. The lowest BCUT2D eigenvalue weighted by Gasteiger charge is -2.27. The smallest absolute Gasteiger partial charge is 0.407 e. The Bertz CT molecular complexity index is 2230. The third-order valence-electron chi connectivity index (χ3n) is 12.4. The van der Waals surface area contributed by atoms with Gasteiger partial charge >= 0.3 is 6.09 Å². The molecule has 79 heavy (non-hydrogen) atoms. The standard InChI is InChI=1S/C56H78N4O19/c61-51-13-12-50(53(62)59-51)60-54(63)47-10-5-11-49(52(47)55(60)64)57-14-16-66-18-20-68-22-24-70-26-28-72-30-32-74-34-36-76-38-40-78-41-39-77-37-35-75-33-31-73-29-27-71-25-23-69-21-19-67-17-15-58-56(65)79-42-48-45-8-3-1-6-43(45)44-7-2-4-9-46(44)48/h1-11,48,50,57H,12-42H2,(H,58,65)(H,59,61,62). The summed E-state index contributed by atoms with van der Waals surface area (Å²) in [5.41, 5.74) is 5.63. The first-order chi connectivity index (χ1) is 38.9. The summed E-state index contributed by atoms with van der Waals surface area (Å²) >= 11 is 0. The molecule has 23 nitrogen and oxygen atoms in total. The Labute approximate surface area is 461 Å². The minimum atomic E-state index is -1.02. The van der Waals surface area contributed by atoms with Crippen LogP contribution in [0.4, 0.5) is 10.5 Å². The molecule has 436 valence electrons. The molecule has 0 bridgehead atoms. The molecule has 1 saturated heterocycles. The van der Waals surface area contributed by atoms with E-state index < -0.39 is 35.8 Å². The summed E-state index contributed by atoms with van der Waals surface area (Å²) in [5, 5.41) is 8.08. The molecule has 23 heteroatoms. The number of carbonyl (C=O) groups is 5. The summed E-state index contributed by atoms with van der Waals surface area (Å²) in [5.74, 6) is -2.16. The van der Waals surface area contributed by atoms with E-state index in [4.69, 9.17) is 66.3 Å². The van der Waals surface area contributed by atoms with Gasteiger partial charge in [-0.15, -0.1) is 0 Å². The van der Waals surface area contributed by atoms with Crippen LogP contribution in [0.3, 0.4) is 0 Å². The number of hydrogen-bond acceptors (Lipinski definition) is 20.